The van der Waals surface area contributed by atoms with Crippen LogP contribution in [0.4, 0.5) is 13.9 Å². The summed E-state index contributed by atoms with van der Waals surface area (Å²) in [6.45, 7) is -0.0431. The summed E-state index contributed by atoms with van der Waals surface area (Å²) >= 11 is 1.23. The van der Waals surface area contributed by atoms with Gasteiger partial charge in [-0.15, -0.1) is 10.2 Å². The Morgan fingerprint density at radius 2 is 2.06 bits per heavy atom. The number of halogens is 2. The van der Waals surface area contributed by atoms with Crippen LogP contribution in [-0.4, -0.2) is 10.2 Å². The number of nitriles is 1. The number of hydrogen-bond donors (Lipinski definition) is 1. The zero-order valence-electron chi connectivity index (χ0n) is 8.44. The predicted molar refractivity (Wildman–Crippen MR) is 58.3 cm³/mol. The maximum Gasteiger partial charge on any atom is 0.205 e. The smallest absolute Gasteiger partial charge is 0.205 e. The molecule has 0 atom stereocenters. The van der Waals surface area contributed by atoms with Gasteiger partial charge in [0.2, 0.25) is 5.13 Å². The van der Waals surface area contributed by atoms with Crippen molar-refractivity contribution in [3.63, 3.8) is 0 Å². The third-order valence-electron chi connectivity index (χ3n) is 2.05. The highest BCUT2D eigenvalue weighted by atomic mass is 32.1. The molecule has 7 heteroatoms. The molecule has 0 amide bonds. The van der Waals surface area contributed by atoms with Crippen molar-refractivity contribution in [3.05, 3.63) is 40.4 Å². The summed E-state index contributed by atoms with van der Waals surface area (Å²) in [5.74, 6) is -1.50. The first kappa shape index (κ1) is 11.4. The molecule has 0 fully saturated rings. The normalized spacial score (nSPS) is 9.94. The standard InChI is InChI=1S/C10H6F2N4S/c11-8-1-6(3-13)2-9(12)7(8)4-14-10-16-15-5-17-10/h1-2,5H,4H2,(H,14,16). The summed E-state index contributed by atoms with van der Waals surface area (Å²) in [6, 6.07) is 3.69. The van der Waals surface area contributed by atoms with E-state index >= 15 is 0 Å². The number of anilines is 1. The van der Waals surface area contributed by atoms with Gasteiger partial charge >= 0.3 is 0 Å². The van der Waals surface area contributed by atoms with E-state index in [4.69, 9.17) is 5.26 Å². The number of aromatic nitrogens is 2. The summed E-state index contributed by atoms with van der Waals surface area (Å²) in [4.78, 5) is 0. The first-order valence-electron chi connectivity index (χ1n) is 4.59. The van der Waals surface area contributed by atoms with E-state index in [1.807, 2.05) is 0 Å². The predicted octanol–water partition coefficient (Wildman–Crippen LogP) is 2.30. The fourth-order valence-corrected chi connectivity index (χ4v) is 1.69. The molecule has 0 bridgehead atoms. The van der Waals surface area contributed by atoms with Crippen LogP contribution < -0.4 is 5.32 Å². The van der Waals surface area contributed by atoms with Gasteiger partial charge in [-0.25, -0.2) is 8.78 Å². The summed E-state index contributed by atoms with van der Waals surface area (Å²) in [5, 5.41) is 19.0. The molecule has 0 aliphatic carbocycles. The van der Waals surface area contributed by atoms with Crippen molar-refractivity contribution in [1.82, 2.24) is 10.2 Å². The first-order valence-corrected chi connectivity index (χ1v) is 5.46. The average molecular weight is 252 g/mol. The molecule has 4 nitrogen and oxygen atoms in total. The van der Waals surface area contributed by atoms with Gasteiger partial charge in [0.1, 0.15) is 17.1 Å². The highest BCUT2D eigenvalue weighted by Gasteiger charge is 2.11. The monoisotopic (exact) mass is 252 g/mol. The van der Waals surface area contributed by atoms with E-state index in [1.165, 1.54) is 16.8 Å². The molecule has 0 saturated carbocycles. The number of nitrogens with zero attached hydrogens (tertiary/aromatic N) is 3. The minimum Gasteiger partial charge on any atom is -0.356 e. The van der Waals surface area contributed by atoms with Gasteiger partial charge in [-0.05, 0) is 12.1 Å². The Bertz CT molecular complexity index is 539. The van der Waals surface area contributed by atoms with Gasteiger partial charge in [0, 0.05) is 12.1 Å². The lowest BCUT2D eigenvalue weighted by molar-refractivity contribution is 0.559. The molecule has 0 aliphatic rings. The number of rotatable bonds is 3. The fraction of sp³-hybridized carbons (Fsp3) is 0.100. The van der Waals surface area contributed by atoms with Gasteiger partial charge in [-0.1, -0.05) is 11.3 Å². The van der Waals surface area contributed by atoms with Crippen molar-refractivity contribution in [3.8, 4) is 6.07 Å². The van der Waals surface area contributed by atoms with E-state index < -0.39 is 11.6 Å². The molecule has 0 spiro atoms. The van der Waals surface area contributed by atoms with Crippen LogP contribution >= 0.6 is 11.3 Å². The van der Waals surface area contributed by atoms with Gasteiger partial charge in [-0.2, -0.15) is 5.26 Å². The Balaban J connectivity index is 2.19. The molecule has 0 unspecified atom stereocenters. The quantitative estimate of drug-likeness (QED) is 0.910. The van der Waals surface area contributed by atoms with Gasteiger partial charge in [0.05, 0.1) is 11.6 Å². The molecular formula is C10H6F2N4S. The molecule has 1 aromatic heterocycles. The minimum absolute atomic E-state index is 0.0420. The molecule has 17 heavy (non-hydrogen) atoms. The summed E-state index contributed by atoms with van der Waals surface area (Å²) in [5.41, 5.74) is 1.34. The second-order valence-corrected chi connectivity index (χ2v) is 3.96. The Morgan fingerprint density at radius 1 is 1.35 bits per heavy atom. The molecule has 0 radical (unpaired) electrons. The van der Waals surface area contributed by atoms with E-state index in [0.717, 1.165) is 12.1 Å². The third-order valence-corrected chi connectivity index (χ3v) is 2.70. The fourth-order valence-electron chi connectivity index (χ4n) is 1.25. The number of nitrogens with one attached hydrogen (secondary N) is 1. The molecule has 2 rings (SSSR count). The molecule has 0 saturated heterocycles. The van der Waals surface area contributed by atoms with Crippen molar-refractivity contribution < 1.29 is 8.78 Å². The lowest BCUT2D eigenvalue weighted by Gasteiger charge is -2.05. The van der Waals surface area contributed by atoms with E-state index in [-0.39, 0.29) is 17.7 Å². The van der Waals surface area contributed by atoms with E-state index in [0.29, 0.717) is 5.13 Å². The Kier molecular flexibility index (Phi) is 3.25. The molecular weight excluding hydrogens is 246 g/mol. The van der Waals surface area contributed by atoms with Crippen LogP contribution in [0.5, 0.6) is 0 Å². The van der Waals surface area contributed by atoms with E-state index in [1.54, 1.807) is 6.07 Å². The van der Waals surface area contributed by atoms with Crippen LogP contribution in [0.25, 0.3) is 0 Å². The van der Waals surface area contributed by atoms with E-state index in [9.17, 15) is 8.78 Å². The second kappa shape index (κ2) is 4.84. The Hall–Kier alpha value is -2.07. The van der Waals surface area contributed by atoms with Crippen molar-refractivity contribution >= 4 is 16.5 Å². The molecule has 0 aliphatic heterocycles. The van der Waals surface area contributed by atoms with Gasteiger partial charge < -0.3 is 5.32 Å². The number of hydrogen-bond acceptors (Lipinski definition) is 5. The lowest BCUT2D eigenvalue weighted by atomic mass is 10.1. The molecule has 86 valence electrons. The van der Waals surface area contributed by atoms with Crippen LogP contribution in [0.15, 0.2) is 17.6 Å². The molecule has 1 N–H and O–H groups in total. The van der Waals surface area contributed by atoms with Crippen LogP contribution in [-0.2, 0) is 6.54 Å². The van der Waals surface area contributed by atoms with Crippen molar-refractivity contribution in [2.24, 2.45) is 0 Å². The van der Waals surface area contributed by atoms with Crippen LogP contribution in [0.1, 0.15) is 11.1 Å². The van der Waals surface area contributed by atoms with Crippen molar-refractivity contribution in [2.75, 3.05) is 5.32 Å². The summed E-state index contributed by atoms with van der Waals surface area (Å²) in [7, 11) is 0. The second-order valence-electron chi connectivity index (χ2n) is 3.13. The highest BCUT2D eigenvalue weighted by molar-refractivity contribution is 7.13. The lowest BCUT2D eigenvalue weighted by Crippen LogP contribution is -2.05. The summed E-state index contributed by atoms with van der Waals surface area (Å²) in [6.07, 6.45) is 0. The summed E-state index contributed by atoms with van der Waals surface area (Å²) < 4.78 is 26.9. The first-order chi connectivity index (χ1) is 8.20. The number of benzene rings is 1. The highest BCUT2D eigenvalue weighted by Crippen LogP contribution is 2.17. The average Bonchev–Trinajstić information content (AvgIpc) is 2.80. The third kappa shape index (κ3) is 2.54. The largest absolute Gasteiger partial charge is 0.356 e. The maximum atomic E-state index is 13.5. The molecule has 1 heterocycles. The van der Waals surface area contributed by atoms with E-state index in [2.05, 4.69) is 15.5 Å². The zero-order chi connectivity index (χ0) is 12.3. The van der Waals surface area contributed by atoms with Crippen LogP contribution in [0, 0.1) is 23.0 Å². The Labute approximate surface area is 99.5 Å². The topological polar surface area (TPSA) is 61.6 Å². The van der Waals surface area contributed by atoms with Crippen molar-refractivity contribution in [1.29, 1.82) is 5.26 Å². The SMILES string of the molecule is N#Cc1cc(F)c(CNc2nncs2)c(F)c1. The zero-order valence-corrected chi connectivity index (χ0v) is 9.26. The van der Waals surface area contributed by atoms with Gasteiger partial charge in [0.25, 0.3) is 0 Å². The molecule has 1 aromatic carbocycles. The minimum atomic E-state index is -0.751. The van der Waals surface area contributed by atoms with Crippen molar-refractivity contribution in [2.45, 2.75) is 6.54 Å². The maximum absolute atomic E-state index is 13.5. The Morgan fingerprint density at radius 3 is 2.59 bits per heavy atom. The van der Waals surface area contributed by atoms with Crippen LogP contribution in [0.2, 0.25) is 0 Å². The van der Waals surface area contributed by atoms with Gasteiger partial charge in [-0.3, -0.25) is 0 Å². The molecule has 2 aromatic rings. The van der Waals surface area contributed by atoms with Crippen LogP contribution in [0.3, 0.4) is 0 Å². The van der Waals surface area contributed by atoms with Gasteiger partial charge in [0.15, 0.2) is 0 Å².